The second kappa shape index (κ2) is 7.27. The van der Waals surface area contributed by atoms with E-state index in [9.17, 15) is 4.39 Å². The predicted octanol–water partition coefficient (Wildman–Crippen LogP) is 4.40. The van der Waals surface area contributed by atoms with Crippen molar-refractivity contribution in [3.05, 3.63) is 71.6 Å². The molecule has 6 nitrogen and oxygen atoms in total. The van der Waals surface area contributed by atoms with Crippen molar-refractivity contribution in [2.45, 2.75) is 10.9 Å². The maximum atomic E-state index is 13.0. The Balaban J connectivity index is 1.49. The van der Waals surface area contributed by atoms with E-state index < -0.39 is 0 Å². The highest BCUT2D eigenvalue weighted by molar-refractivity contribution is 7.98. The van der Waals surface area contributed by atoms with Crippen LogP contribution in [0.3, 0.4) is 0 Å². The molecule has 26 heavy (non-hydrogen) atoms. The first-order chi connectivity index (χ1) is 12.7. The van der Waals surface area contributed by atoms with Gasteiger partial charge in [-0.1, -0.05) is 34.6 Å². The van der Waals surface area contributed by atoms with Gasteiger partial charge in [-0.25, -0.2) is 4.39 Å². The lowest BCUT2D eigenvalue weighted by Gasteiger charge is -2.05. The highest BCUT2D eigenvalue weighted by Gasteiger charge is 2.12. The van der Waals surface area contributed by atoms with Gasteiger partial charge in [0.25, 0.3) is 0 Å². The van der Waals surface area contributed by atoms with Crippen molar-refractivity contribution in [3.63, 3.8) is 0 Å². The molecular weight excluding hydrogens is 377 g/mol. The summed E-state index contributed by atoms with van der Waals surface area (Å²) in [5.74, 6) is 0.966. The number of rotatable bonds is 5. The Labute approximate surface area is 157 Å². The molecule has 0 aliphatic carbocycles. The summed E-state index contributed by atoms with van der Waals surface area (Å²) in [6.07, 6.45) is 1.62. The number of aromatic nitrogens is 5. The Morgan fingerprint density at radius 3 is 2.81 bits per heavy atom. The second-order valence-corrected chi connectivity index (χ2v) is 6.65. The Kier molecular flexibility index (Phi) is 4.68. The summed E-state index contributed by atoms with van der Waals surface area (Å²) in [6, 6.07) is 13.3. The van der Waals surface area contributed by atoms with Crippen LogP contribution in [0.2, 0.25) is 5.02 Å². The van der Waals surface area contributed by atoms with Crippen LogP contribution < -0.4 is 0 Å². The zero-order valence-electron chi connectivity index (χ0n) is 13.2. The summed E-state index contributed by atoms with van der Waals surface area (Å²) in [5, 5.41) is 13.3. The molecule has 4 aromatic rings. The van der Waals surface area contributed by atoms with Gasteiger partial charge in [-0.3, -0.25) is 4.57 Å². The van der Waals surface area contributed by atoms with Crippen molar-refractivity contribution >= 4 is 23.4 Å². The van der Waals surface area contributed by atoms with Gasteiger partial charge in [0.15, 0.2) is 5.16 Å². The minimum Gasteiger partial charge on any atom is -0.338 e. The topological polar surface area (TPSA) is 69.6 Å². The van der Waals surface area contributed by atoms with Gasteiger partial charge in [-0.05, 0) is 42.5 Å². The molecule has 0 aliphatic rings. The van der Waals surface area contributed by atoms with Crippen LogP contribution in [0, 0.1) is 5.82 Å². The quantitative estimate of drug-likeness (QED) is 0.473. The molecule has 9 heteroatoms. The Hall–Kier alpha value is -2.71. The first-order valence-corrected chi connectivity index (χ1v) is 8.93. The molecule has 0 saturated heterocycles. The number of benzene rings is 2. The average Bonchev–Trinajstić information content (AvgIpc) is 3.30. The number of nitrogens with zero attached hydrogens (tertiary/aromatic N) is 5. The van der Waals surface area contributed by atoms with Crippen LogP contribution in [0.4, 0.5) is 4.39 Å². The first kappa shape index (κ1) is 16.7. The second-order valence-electron chi connectivity index (χ2n) is 5.27. The molecular formula is C17H11ClFN5OS. The van der Waals surface area contributed by atoms with Crippen LogP contribution in [0.25, 0.3) is 17.1 Å². The number of hydrogen-bond acceptors (Lipinski definition) is 6. The molecule has 2 heterocycles. The summed E-state index contributed by atoms with van der Waals surface area (Å²) < 4.78 is 20.1. The zero-order valence-corrected chi connectivity index (χ0v) is 14.8. The van der Waals surface area contributed by atoms with Gasteiger partial charge < -0.3 is 4.52 Å². The Morgan fingerprint density at radius 1 is 1.15 bits per heavy atom. The third kappa shape index (κ3) is 3.61. The minimum atomic E-state index is -0.312. The molecule has 0 N–H and O–H groups in total. The fourth-order valence-corrected chi connectivity index (χ4v) is 3.23. The van der Waals surface area contributed by atoms with Crippen molar-refractivity contribution in [1.29, 1.82) is 0 Å². The largest absolute Gasteiger partial charge is 0.338 e. The number of thioether (sulfide) groups is 1. The fraction of sp³-hybridized carbons (Fsp3) is 0.0588. The number of halogens is 2. The molecule has 2 aromatic heterocycles. The third-order valence-electron chi connectivity index (χ3n) is 3.50. The van der Waals surface area contributed by atoms with Crippen molar-refractivity contribution < 1.29 is 8.91 Å². The van der Waals surface area contributed by atoms with Crippen molar-refractivity contribution in [2.75, 3.05) is 0 Å². The molecule has 0 saturated carbocycles. The first-order valence-electron chi connectivity index (χ1n) is 7.56. The van der Waals surface area contributed by atoms with E-state index in [2.05, 4.69) is 20.3 Å². The van der Waals surface area contributed by atoms with Crippen molar-refractivity contribution in [1.82, 2.24) is 24.9 Å². The van der Waals surface area contributed by atoms with E-state index in [1.54, 1.807) is 24.5 Å². The molecule has 0 aliphatic heterocycles. The molecule has 0 spiro atoms. The van der Waals surface area contributed by atoms with Gasteiger partial charge in [-0.15, -0.1) is 10.2 Å². The molecule has 0 radical (unpaired) electrons. The molecule has 0 bridgehead atoms. The van der Waals surface area contributed by atoms with Gasteiger partial charge in [0.2, 0.25) is 11.7 Å². The van der Waals surface area contributed by atoms with Gasteiger partial charge in [0.05, 0.1) is 11.4 Å². The summed E-state index contributed by atoms with van der Waals surface area (Å²) in [5.41, 5.74) is 1.55. The normalized spacial score (nSPS) is 11.0. The monoisotopic (exact) mass is 387 g/mol. The van der Waals surface area contributed by atoms with E-state index >= 15 is 0 Å². The summed E-state index contributed by atoms with van der Waals surface area (Å²) in [6.45, 7) is 0. The van der Waals surface area contributed by atoms with Gasteiger partial charge in [-0.2, -0.15) is 4.98 Å². The summed E-state index contributed by atoms with van der Waals surface area (Å²) in [7, 11) is 0. The fourth-order valence-electron chi connectivity index (χ4n) is 2.28. The van der Waals surface area contributed by atoms with Gasteiger partial charge in [0.1, 0.15) is 12.1 Å². The van der Waals surface area contributed by atoms with Crippen molar-refractivity contribution in [3.8, 4) is 17.1 Å². The van der Waals surface area contributed by atoms with Gasteiger partial charge in [0, 0.05) is 10.6 Å². The molecule has 2 aromatic carbocycles. The maximum Gasteiger partial charge on any atom is 0.237 e. The van der Waals surface area contributed by atoms with E-state index in [1.807, 2.05) is 22.8 Å². The SMILES string of the molecule is Fc1ccc(-c2noc(CSc3nncn3-c3cccc(Cl)c3)n2)cc1. The molecule has 0 fully saturated rings. The smallest absolute Gasteiger partial charge is 0.237 e. The van der Waals surface area contributed by atoms with E-state index in [4.69, 9.17) is 16.1 Å². The van der Waals surface area contributed by atoms with Crippen molar-refractivity contribution in [2.24, 2.45) is 0 Å². The van der Waals surface area contributed by atoms with Crippen LogP contribution in [0.15, 0.2) is 64.5 Å². The third-order valence-corrected chi connectivity index (χ3v) is 4.66. The molecule has 0 unspecified atom stereocenters. The number of hydrogen-bond donors (Lipinski definition) is 0. The Bertz CT molecular complexity index is 1030. The maximum absolute atomic E-state index is 13.0. The van der Waals surface area contributed by atoms with E-state index in [0.717, 1.165) is 5.69 Å². The minimum absolute atomic E-state index is 0.312. The lowest BCUT2D eigenvalue weighted by Crippen LogP contribution is -1.95. The van der Waals surface area contributed by atoms with Crippen LogP contribution in [0.5, 0.6) is 0 Å². The van der Waals surface area contributed by atoms with E-state index in [-0.39, 0.29) is 5.82 Å². The highest BCUT2D eigenvalue weighted by atomic mass is 35.5. The van der Waals surface area contributed by atoms with E-state index in [1.165, 1.54) is 23.9 Å². The molecule has 130 valence electrons. The van der Waals surface area contributed by atoms with Crippen LogP contribution >= 0.6 is 23.4 Å². The Morgan fingerprint density at radius 2 is 2.00 bits per heavy atom. The lowest BCUT2D eigenvalue weighted by atomic mass is 10.2. The van der Waals surface area contributed by atoms with E-state index in [0.29, 0.717) is 33.2 Å². The lowest BCUT2D eigenvalue weighted by molar-refractivity contribution is 0.391. The molecule has 4 rings (SSSR count). The standard InChI is InChI=1S/C17H11ClFN5OS/c18-12-2-1-3-14(8-12)24-10-20-22-17(24)26-9-15-21-16(23-25-15)11-4-6-13(19)7-5-11/h1-8,10H,9H2. The molecule has 0 atom stereocenters. The zero-order chi connectivity index (χ0) is 17.9. The summed E-state index contributed by atoms with van der Waals surface area (Å²) in [4.78, 5) is 4.33. The molecule has 0 amide bonds. The highest BCUT2D eigenvalue weighted by Crippen LogP contribution is 2.25. The van der Waals surface area contributed by atoms with Crippen LogP contribution in [0.1, 0.15) is 5.89 Å². The predicted molar refractivity (Wildman–Crippen MR) is 95.6 cm³/mol. The van der Waals surface area contributed by atoms with Crippen LogP contribution in [-0.4, -0.2) is 24.9 Å². The van der Waals surface area contributed by atoms with Crippen LogP contribution in [-0.2, 0) is 5.75 Å². The summed E-state index contributed by atoms with van der Waals surface area (Å²) >= 11 is 7.45. The van der Waals surface area contributed by atoms with Gasteiger partial charge >= 0.3 is 0 Å². The average molecular weight is 388 g/mol.